The molecule has 9 nitrogen and oxygen atoms in total. The lowest BCUT2D eigenvalue weighted by Crippen LogP contribution is -2.41. The highest BCUT2D eigenvalue weighted by Crippen LogP contribution is 2.46. The summed E-state index contributed by atoms with van der Waals surface area (Å²) in [5.74, 6) is -2.77. The normalized spacial score (nSPS) is 17.6. The molecule has 2 aromatic carbocycles. The third-order valence-electron chi connectivity index (χ3n) is 8.03. The number of aliphatic hydroxyl groups is 3. The number of rotatable bonds is 13. The molecule has 1 aromatic heterocycles. The van der Waals surface area contributed by atoms with Gasteiger partial charge in [0, 0.05) is 37.5 Å². The van der Waals surface area contributed by atoms with Crippen molar-refractivity contribution in [2.75, 3.05) is 19.7 Å². The number of hydrogen-bond donors (Lipinski definition) is 4. The van der Waals surface area contributed by atoms with Crippen molar-refractivity contribution in [1.82, 2.24) is 8.87 Å². The highest BCUT2D eigenvalue weighted by molar-refractivity contribution is 7.89. The van der Waals surface area contributed by atoms with Crippen LogP contribution in [0.1, 0.15) is 57.6 Å². The maximum atomic E-state index is 14.6. The minimum absolute atomic E-state index is 0.0254. The number of carboxylic acid groups (broad SMARTS) is 1. The second-order valence-corrected chi connectivity index (χ2v) is 13.6. The quantitative estimate of drug-likeness (QED) is 0.216. The Kier molecular flexibility index (Phi) is 11.0. The molecule has 12 heteroatoms. The van der Waals surface area contributed by atoms with E-state index in [9.17, 15) is 37.3 Å². The van der Waals surface area contributed by atoms with Crippen LogP contribution in [0.5, 0.6) is 0 Å². The lowest BCUT2D eigenvalue weighted by Gasteiger charge is -2.31. The number of hydrogen-bond acceptors (Lipinski definition) is 6. The Labute approximate surface area is 256 Å². The van der Waals surface area contributed by atoms with Gasteiger partial charge in [-0.3, -0.25) is 4.79 Å². The van der Waals surface area contributed by atoms with Crippen molar-refractivity contribution in [2.24, 2.45) is 5.92 Å². The van der Waals surface area contributed by atoms with Crippen molar-refractivity contribution >= 4 is 16.0 Å². The van der Waals surface area contributed by atoms with Gasteiger partial charge in [0.25, 0.3) is 0 Å². The number of carboxylic acids is 1. The number of aliphatic carboxylic acids is 1. The summed E-state index contributed by atoms with van der Waals surface area (Å²) in [6, 6.07) is 11.1. The third-order valence-corrected chi connectivity index (χ3v) is 9.97. The smallest absolute Gasteiger partial charge is 0.305 e. The van der Waals surface area contributed by atoms with Gasteiger partial charge < -0.3 is 25.0 Å². The van der Waals surface area contributed by atoms with Crippen LogP contribution in [0.3, 0.4) is 0 Å². The average Bonchev–Trinajstić information content (AvgIpc) is 3.32. The van der Waals surface area contributed by atoms with Crippen LogP contribution in [-0.2, 0) is 21.4 Å². The highest BCUT2D eigenvalue weighted by atomic mass is 32.2. The Morgan fingerprint density at radius 2 is 1.57 bits per heavy atom. The van der Waals surface area contributed by atoms with Crippen LogP contribution in [0, 0.1) is 17.6 Å². The van der Waals surface area contributed by atoms with Gasteiger partial charge in [-0.05, 0) is 85.0 Å². The molecule has 240 valence electrons. The van der Waals surface area contributed by atoms with E-state index in [2.05, 4.69) is 0 Å². The minimum atomic E-state index is -4.19. The molecule has 0 aliphatic carbocycles. The predicted molar refractivity (Wildman–Crippen MR) is 161 cm³/mol. The molecule has 3 aromatic rings. The Bertz CT molecular complexity index is 1540. The number of nitrogens with zero attached hydrogens (tertiary/aromatic N) is 2. The number of carbonyl (C=O) groups is 1. The fraction of sp³-hybridized carbons (Fsp3) is 0.469. The number of sulfonamides is 1. The summed E-state index contributed by atoms with van der Waals surface area (Å²) >= 11 is 0. The van der Waals surface area contributed by atoms with Crippen LogP contribution < -0.4 is 0 Å². The Morgan fingerprint density at radius 3 is 2.11 bits per heavy atom. The van der Waals surface area contributed by atoms with Gasteiger partial charge in [0.15, 0.2) is 0 Å². The topological polar surface area (TPSA) is 140 Å². The van der Waals surface area contributed by atoms with Crippen LogP contribution in [0.2, 0.25) is 0 Å². The molecular formula is C32H40F2N2O7S. The second-order valence-electron chi connectivity index (χ2n) is 11.7. The van der Waals surface area contributed by atoms with E-state index in [4.69, 9.17) is 5.11 Å². The Morgan fingerprint density at radius 1 is 0.977 bits per heavy atom. The van der Waals surface area contributed by atoms with Crippen LogP contribution >= 0.6 is 0 Å². The van der Waals surface area contributed by atoms with Crippen molar-refractivity contribution in [2.45, 2.75) is 75.5 Å². The number of piperidine rings is 1. The molecule has 1 saturated heterocycles. The van der Waals surface area contributed by atoms with E-state index in [1.165, 1.54) is 52.8 Å². The lowest BCUT2D eigenvalue weighted by atomic mass is 10.00. The van der Waals surface area contributed by atoms with Crippen molar-refractivity contribution < 1.29 is 42.4 Å². The van der Waals surface area contributed by atoms with Crippen molar-refractivity contribution in [3.63, 3.8) is 0 Å². The maximum absolute atomic E-state index is 14.6. The van der Waals surface area contributed by atoms with Crippen molar-refractivity contribution in [1.29, 1.82) is 0 Å². The first-order chi connectivity index (χ1) is 20.8. The lowest BCUT2D eigenvalue weighted by molar-refractivity contribution is -0.139. The summed E-state index contributed by atoms with van der Waals surface area (Å²) in [5, 5.41) is 39.7. The molecular weight excluding hydrogens is 594 g/mol. The van der Waals surface area contributed by atoms with Crippen LogP contribution in [-0.4, -0.2) is 75.6 Å². The molecule has 0 radical (unpaired) electrons. The highest BCUT2D eigenvalue weighted by Gasteiger charge is 2.39. The third kappa shape index (κ3) is 7.55. The molecule has 0 bridgehead atoms. The minimum Gasteiger partial charge on any atom is -0.481 e. The SMILES string of the molecule is CC(C)c1c(S(=O)(=O)N2CCC[C@@H](CO)C2)c(-c2ccc(F)cc2)c(-c2ccc(F)cc2)n1CC[C@@H](O)C[C@@H](O)CC(=O)O. The first-order valence-corrected chi connectivity index (χ1v) is 16.2. The zero-order valence-corrected chi connectivity index (χ0v) is 25.7. The van der Waals surface area contributed by atoms with Gasteiger partial charge in [0.1, 0.15) is 16.5 Å². The van der Waals surface area contributed by atoms with Gasteiger partial charge in [-0.15, -0.1) is 0 Å². The molecule has 0 unspecified atom stereocenters. The van der Waals surface area contributed by atoms with E-state index in [0.29, 0.717) is 40.9 Å². The Balaban J connectivity index is 1.97. The fourth-order valence-electron chi connectivity index (χ4n) is 5.99. The molecule has 44 heavy (non-hydrogen) atoms. The van der Waals surface area contributed by atoms with E-state index >= 15 is 0 Å². The Hall–Kier alpha value is -3.16. The molecule has 1 aliphatic heterocycles. The summed E-state index contributed by atoms with van der Waals surface area (Å²) in [5.41, 5.74) is 2.12. The van der Waals surface area contributed by atoms with Crippen LogP contribution in [0.25, 0.3) is 22.4 Å². The number of halogens is 2. The first kappa shape index (κ1) is 33.7. The van der Waals surface area contributed by atoms with Gasteiger partial charge >= 0.3 is 5.97 Å². The molecule has 1 fully saturated rings. The molecule has 3 atom stereocenters. The monoisotopic (exact) mass is 634 g/mol. The largest absolute Gasteiger partial charge is 0.481 e. The van der Waals surface area contributed by atoms with Gasteiger partial charge in [-0.1, -0.05) is 26.0 Å². The predicted octanol–water partition coefficient (Wildman–Crippen LogP) is 4.59. The van der Waals surface area contributed by atoms with E-state index in [1.807, 2.05) is 13.8 Å². The van der Waals surface area contributed by atoms with Gasteiger partial charge in [0.2, 0.25) is 10.0 Å². The zero-order chi connectivity index (χ0) is 32.2. The average molecular weight is 635 g/mol. The van der Waals surface area contributed by atoms with Crippen molar-refractivity contribution in [3.8, 4) is 22.4 Å². The summed E-state index contributed by atoms with van der Waals surface area (Å²) in [6.45, 7) is 4.01. The molecule has 1 aliphatic rings. The zero-order valence-electron chi connectivity index (χ0n) is 24.9. The summed E-state index contributed by atoms with van der Waals surface area (Å²) in [7, 11) is -4.19. The summed E-state index contributed by atoms with van der Waals surface area (Å²) < 4.78 is 60.6. The number of aliphatic hydroxyl groups excluding tert-OH is 3. The maximum Gasteiger partial charge on any atom is 0.305 e. The second kappa shape index (κ2) is 14.3. The van der Waals surface area contributed by atoms with E-state index in [-0.39, 0.29) is 55.8 Å². The molecule has 0 spiro atoms. The fourth-order valence-corrected chi connectivity index (χ4v) is 8.11. The van der Waals surface area contributed by atoms with Crippen LogP contribution in [0.4, 0.5) is 8.78 Å². The molecule has 4 N–H and O–H groups in total. The molecule has 2 heterocycles. The molecule has 0 amide bonds. The van der Waals surface area contributed by atoms with E-state index < -0.39 is 46.3 Å². The van der Waals surface area contributed by atoms with E-state index in [1.54, 1.807) is 4.57 Å². The summed E-state index contributed by atoms with van der Waals surface area (Å²) in [4.78, 5) is 11.0. The van der Waals surface area contributed by atoms with Crippen molar-refractivity contribution in [3.05, 3.63) is 65.9 Å². The summed E-state index contributed by atoms with van der Waals surface area (Å²) in [6.07, 6.45) is -1.77. The number of aromatic nitrogens is 1. The standard InChI is InChI=1S/C32H40F2N2O7S/c1-20(2)30-32(44(42,43)35-14-3-4-21(18-35)19-37)29(22-5-9-24(33)10-6-22)31(23-7-11-25(34)12-8-23)36(30)15-13-26(38)16-27(39)17-28(40)41/h5-12,20-21,26-27,37-39H,3-4,13-19H2,1-2H3,(H,40,41)/t21-,26-,27-/m1/s1. The molecule has 0 saturated carbocycles. The van der Waals surface area contributed by atoms with Gasteiger partial charge in [0.05, 0.1) is 24.3 Å². The van der Waals surface area contributed by atoms with E-state index in [0.717, 1.165) is 0 Å². The molecule has 4 rings (SSSR count). The number of benzene rings is 2. The van der Waals surface area contributed by atoms with Gasteiger partial charge in [-0.2, -0.15) is 4.31 Å². The van der Waals surface area contributed by atoms with Crippen LogP contribution in [0.15, 0.2) is 53.4 Å². The van der Waals surface area contributed by atoms with Gasteiger partial charge in [-0.25, -0.2) is 17.2 Å². The first-order valence-electron chi connectivity index (χ1n) is 14.8.